The number of hydrogen-bond donors (Lipinski definition) is 0. The molecular weight excluding hydrogens is 473 g/mol. The predicted octanol–water partition coefficient (Wildman–Crippen LogP) is 5.20. The van der Waals surface area contributed by atoms with E-state index >= 15 is 0 Å². The highest BCUT2D eigenvalue weighted by molar-refractivity contribution is 7.88. The number of ether oxygens (including phenoxy) is 1. The highest BCUT2D eigenvalue weighted by Crippen LogP contribution is 2.32. The Morgan fingerprint density at radius 1 is 0.912 bits per heavy atom. The topological polar surface area (TPSA) is 104 Å². The maximum Gasteiger partial charge on any atom is 0.534 e. The van der Waals surface area contributed by atoms with Crippen molar-refractivity contribution < 1.29 is 30.5 Å². The highest BCUT2D eigenvalue weighted by Gasteiger charge is 2.48. The lowest BCUT2D eigenvalue weighted by molar-refractivity contribution is -0.0499. The van der Waals surface area contributed by atoms with Crippen molar-refractivity contribution in [2.45, 2.75) is 44.5 Å². The standard InChI is InChI=1S/C18H21F3N2O4S.C4H4N2/c1-2-3-4-5-8-11-26-14-12-22-17(23-13-14)15-9-6-7-10-16(15)27-28(24,25)18(19,20)21;1-2-5-4-6-3-1/h6-7,9-10,12-13H,2-5,8,11H2,1H3;1-4H. The first-order chi connectivity index (χ1) is 16.2. The molecule has 1 aromatic carbocycles. The largest absolute Gasteiger partial charge is 0.534 e. The van der Waals surface area contributed by atoms with Crippen molar-refractivity contribution in [2.24, 2.45) is 0 Å². The van der Waals surface area contributed by atoms with E-state index in [4.69, 9.17) is 4.74 Å². The van der Waals surface area contributed by atoms with Crippen molar-refractivity contribution >= 4 is 10.1 Å². The summed E-state index contributed by atoms with van der Waals surface area (Å²) in [6, 6.07) is 7.10. The third-order valence-corrected chi connectivity index (χ3v) is 5.20. The lowest BCUT2D eigenvalue weighted by Crippen LogP contribution is -2.28. The molecule has 8 nitrogen and oxygen atoms in total. The number of aromatic nitrogens is 4. The van der Waals surface area contributed by atoms with Crippen molar-refractivity contribution in [2.75, 3.05) is 6.61 Å². The van der Waals surface area contributed by atoms with E-state index in [1.807, 2.05) is 0 Å². The minimum Gasteiger partial charge on any atom is -0.490 e. The van der Waals surface area contributed by atoms with Crippen LogP contribution >= 0.6 is 0 Å². The molecule has 3 rings (SSSR count). The van der Waals surface area contributed by atoms with Gasteiger partial charge in [-0.25, -0.2) is 19.9 Å². The van der Waals surface area contributed by atoms with Gasteiger partial charge in [0, 0.05) is 12.4 Å². The van der Waals surface area contributed by atoms with E-state index in [1.54, 1.807) is 18.5 Å². The molecule has 0 aliphatic heterocycles. The molecular formula is C22H25F3N4O4S. The van der Waals surface area contributed by atoms with Gasteiger partial charge in [-0.1, -0.05) is 44.7 Å². The Hall–Kier alpha value is -3.28. The Balaban J connectivity index is 0.000000589. The van der Waals surface area contributed by atoms with Crippen LogP contribution in [0.25, 0.3) is 11.4 Å². The lowest BCUT2D eigenvalue weighted by atomic mass is 10.2. The SMILES string of the molecule is CCCCCCCOc1cnc(-c2ccccc2OS(=O)(=O)C(F)(F)F)nc1.c1cncnc1. The van der Waals surface area contributed by atoms with Crippen molar-refractivity contribution in [3.63, 3.8) is 0 Å². The maximum absolute atomic E-state index is 12.6. The fraction of sp³-hybridized carbons (Fsp3) is 0.364. The van der Waals surface area contributed by atoms with Gasteiger partial charge in [-0.3, -0.25) is 0 Å². The normalized spacial score (nSPS) is 11.3. The van der Waals surface area contributed by atoms with Crippen LogP contribution in [-0.4, -0.2) is 40.5 Å². The van der Waals surface area contributed by atoms with E-state index in [1.165, 1.54) is 43.3 Å². The Labute approximate surface area is 196 Å². The van der Waals surface area contributed by atoms with Crippen LogP contribution in [-0.2, 0) is 10.1 Å². The number of nitrogens with zero attached hydrogens (tertiary/aromatic N) is 4. The summed E-state index contributed by atoms with van der Waals surface area (Å²) in [5, 5.41) is 0. The molecule has 0 amide bonds. The minimum absolute atomic E-state index is 0.0152. The molecule has 0 aliphatic carbocycles. The fourth-order valence-corrected chi connectivity index (χ4v) is 3.04. The molecule has 34 heavy (non-hydrogen) atoms. The van der Waals surface area contributed by atoms with Crippen molar-refractivity contribution in [1.82, 2.24) is 19.9 Å². The van der Waals surface area contributed by atoms with Gasteiger partial charge in [0.1, 0.15) is 6.33 Å². The second kappa shape index (κ2) is 13.4. The first-order valence-electron chi connectivity index (χ1n) is 10.5. The second-order valence-electron chi connectivity index (χ2n) is 6.89. The van der Waals surface area contributed by atoms with Gasteiger partial charge in [-0.05, 0) is 24.6 Å². The maximum atomic E-state index is 12.6. The van der Waals surface area contributed by atoms with Crippen molar-refractivity contribution in [3.8, 4) is 22.9 Å². The molecule has 2 aromatic heterocycles. The zero-order chi connectivity index (χ0) is 24.9. The van der Waals surface area contributed by atoms with Crippen LogP contribution in [0.3, 0.4) is 0 Å². The molecule has 0 bridgehead atoms. The Bertz CT molecular complexity index is 1060. The van der Waals surface area contributed by atoms with Crippen molar-refractivity contribution in [1.29, 1.82) is 0 Å². The average molecular weight is 499 g/mol. The molecule has 0 saturated heterocycles. The van der Waals surface area contributed by atoms with Gasteiger partial charge in [-0.2, -0.15) is 21.6 Å². The molecule has 0 atom stereocenters. The van der Waals surface area contributed by atoms with E-state index in [9.17, 15) is 21.6 Å². The monoisotopic (exact) mass is 498 g/mol. The van der Waals surface area contributed by atoms with E-state index < -0.39 is 21.4 Å². The Kier molecular flexibility index (Phi) is 10.7. The molecule has 0 N–H and O–H groups in total. The molecule has 0 radical (unpaired) electrons. The van der Waals surface area contributed by atoms with Crippen LogP contribution in [0.15, 0.2) is 61.4 Å². The van der Waals surface area contributed by atoms with Gasteiger partial charge < -0.3 is 8.92 Å². The van der Waals surface area contributed by atoms with Crippen LogP contribution in [0, 0.1) is 0 Å². The number of halogens is 3. The van der Waals surface area contributed by atoms with E-state index in [2.05, 4.69) is 31.0 Å². The van der Waals surface area contributed by atoms with E-state index in [0.29, 0.717) is 12.4 Å². The molecule has 12 heteroatoms. The van der Waals surface area contributed by atoms with Crippen LogP contribution in [0.1, 0.15) is 39.0 Å². The average Bonchev–Trinajstić information content (AvgIpc) is 2.83. The van der Waals surface area contributed by atoms with Crippen LogP contribution in [0.5, 0.6) is 11.5 Å². The molecule has 2 heterocycles. The summed E-state index contributed by atoms with van der Waals surface area (Å²) in [6.45, 7) is 2.65. The summed E-state index contributed by atoms with van der Waals surface area (Å²) < 4.78 is 70.0. The fourth-order valence-electron chi connectivity index (χ4n) is 2.57. The molecule has 0 saturated carbocycles. The van der Waals surface area contributed by atoms with Crippen LogP contribution in [0.4, 0.5) is 13.2 Å². The summed E-state index contributed by atoms with van der Waals surface area (Å²) in [6.07, 6.45) is 13.1. The molecule has 3 aromatic rings. The Morgan fingerprint density at radius 2 is 1.56 bits per heavy atom. The summed E-state index contributed by atoms with van der Waals surface area (Å²) in [5.74, 6) is -0.0757. The number of unbranched alkanes of at least 4 members (excludes halogenated alkanes) is 4. The summed E-state index contributed by atoms with van der Waals surface area (Å²) in [4.78, 5) is 15.4. The summed E-state index contributed by atoms with van der Waals surface area (Å²) in [7, 11) is -5.79. The smallest absolute Gasteiger partial charge is 0.490 e. The Morgan fingerprint density at radius 3 is 2.12 bits per heavy atom. The van der Waals surface area contributed by atoms with Gasteiger partial charge in [0.2, 0.25) is 0 Å². The quantitative estimate of drug-likeness (QED) is 0.213. The predicted molar refractivity (Wildman–Crippen MR) is 119 cm³/mol. The summed E-state index contributed by atoms with van der Waals surface area (Å²) >= 11 is 0. The van der Waals surface area contributed by atoms with E-state index in [0.717, 1.165) is 31.7 Å². The number of hydrogen-bond acceptors (Lipinski definition) is 8. The molecule has 184 valence electrons. The first kappa shape index (κ1) is 27.0. The number of para-hydroxylation sites is 1. The van der Waals surface area contributed by atoms with Gasteiger partial charge in [-0.15, -0.1) is 0 Å². The first-order valence-corrected chi connectivity index (χ1v) is 11.9. The zero-order valence-electron chi connectivity index (χ0n) is 18.5. The van der Waals surface area contributed by atoms with Gasteiger partial charge in [0.15, 0.2) is 17.3 Å². The van der Waals surface area contributed by atoms with Crippen molar-refractivity contribution in [3.05, 3.63) is 61.4 Å². The van der Waals surface area contributed by atoms with Gasteiger partial charge in [0.05, 0.1) is 24.6 Å². The zero-order valence-corrected chi connectivity index (χ0v) is 19.3. The second-order valence-corrected chi connectivity index (χ2v) is 8.43. The molecule has 0 aliphatic rings. The molecule has 0 spiro atoms. The molecule has 0 unspecified atom stereocenters. The number of benzene rings is 1. The van der Waals surface area contributed by atoms with Gasteiger partial charge >= 0.3 is 15.6 Å². The number of alkyl halides is 3. The van der Waals surface area contributed by atoms with Crippen LogP contribution in [0.2, 0.25) is 0 Å². The van der Waals surface area contributed by atoms with E-state index in [-0.39, 0.29) is 11.4 Å². The number of rotatable bonds is 10. The van der Waals surface area contributed by atoms with Crippen LogP contribution < -0.4 is 8.92 Å². The minimum atomic E-state index is -5.79. The highest BCUT2D eigenvalue weighted by atomic mass is 32.2. The molecule has 0 fully saturated rings. The third kappa shape index (κ3) is 8.93. The van der Waals surface area contributed by atoms with Gasteiger partial charge in [0.25, 0.3) is 0 Å². The summed E-state index contributed by atoms with van der Waals surface area (Å²) in [5.41, 5.74) is -5.52. The third-order valence-electron chi connectivity index (χ3n) is 4.23. The lowest BCUT2D eigenvalue weighted by Gasteiger charge is -2.12.